The minimum atomic E-state index is -0.116. The van der Waals surface area contributed by atoms with Gasteiger partial charge in [0, 0.05) is 50.6 Å². The number of hydrogen-bond donors (Lipinski definition) is 0. The molecule has 0 spiro atoms. The Morgan fingerprint density at radius 2 is 2.00 bits per heavy atom. The van der Waals surface area contributed by atoms with E-state index in [1.807, 2.05) is 26.5 Å². The van der Waals surface area contributed by atoms with Gasteiger partial charge in [-0.25, -0.2) is 15.0 Å². The number of pyridine rings is 1. The van der Waals surface area contributed by atoms with Gasteiger partial charge in [0.15, 0.2) is 17.7 Å². The zero-order chi connectivity index (χ0) is 24.6. The highest BCUT2D eigenvalue weighted by atomic mass is 16.3. The van der Waals surface area contributed by atoms with Gasteiger partial charge in [0.1, 0.15) is 18.3 Å². The van der Waals surface area contributed by atoms with E-state index < -0.39 is 0 Å². The molecule has 2 aliphatic heterocycles. The summed E-state index contributed by atoms with van der Waals surface area (Å²) >= 11 is 0. The van der Waals surface area contributed by atoms with Gasteiger partial charge in [0.2, 0.25) is 5.91 Å². The number of benzene rings is 1. The van der Waals surface area contributed by atoms with Crippen LogP contribution in [0.15, 0.2) is 59.9 Å². The first kappa shape index (κ1) is 22.3. The van der Waals surface area contributed by atoms with E-state index in [0.29, 0.717) is 25.3 Å². The van der Waals surface area contributed by atoms with Crippen LogP contribution in [0.5, 0.6) is 0 Å². The molecule has 5 heterocycles. The van der Waals surface area contributed by atoms with Crippen molar-refractivity contribution in [2.75, 3.05) is 31.1 Å². The predicted octanol–water partition coefficient (Wildman–Crippen LogP) is 2.36. The second-order valence-electron chi connectivity index (χ2n) is 9.37. The largest absolute Gasteiger partial charge is 0.451 e. The summed E-state index contributed by atoms with van der Waals surface area (Å²) in [6.45, 7) is 5.58. The molecule has 36 heavy (non-hydrogen) atoms. The molecule has 1 saturated heterocycles. The summed E-state index contributed by atoms with van der Waals surface area (Å²) in [5.41, 5.74) is 5.41. The third-order valence-corrected chi connectivity index (χ3v) is 7.16. The van der Waals surface area contributed by atoms with Gasteiger partial charge < -0.3 is 23.7 Å². The van der Waals surface area contributed by atoms with Crippen LogP contribution in [0.25, 0.3) is 11.2 Å². The van der Waals surface area contributed by atoms with Crippen molar-refractivity contribution < 1.29 is 14.0 Å². The average Bonchev–Trinajstić information content (AvgIpc) is 3.58. The first-order valence-corrected chi connectivity index (χ1v) is 12.2. The SMILES string of the molecule is CC1CN(c2cccc3c2CN(C(=O)c2cocn2)CC3)CCN1C(=O)Cn1cnc2cccnc21. The van der Waals surface area contributed by atoms with Gasteiger partial charge in [-0.15, -0.1) is 0 Å². The number of amides is 2. The lowest BCUT2D eigenvalue weighted by atomic mass is 9.96. The lowest BCUT2D eigenvalue weighted by Crippen LogP contribution is -2.55. The summed E-state index contributed by atoms with van der Waals surface area (Å²) in [5, 5.41) is 0. The molecule has 2 aliphatic rings. The molecule has 1 fully saturated rings. The summed E-state index contributed by atoms with van der Waals surface area (Å²) in [6, 6.07) is 10.1. The molecule has 1 atom stereocenters. The minimum Gasteiger partial charge on any atom is -0.451 e. The highest BCUT2D eigenvalue weighted by molar-refractivity contribution is 5.92. The molecule has 0 radical (unpaired) electrons. The topological polar surface area (TPSA) is 101 Å². The van der Waals surface area contributed by atoms with Gasteiger partial charge in [0.05, 0.1) is 6.33 Å². The van der Waals surface area contributed by atoms with Gasteiger partial charge in [-0.2, -0.15) is 0 Å². The second-order valence-corrected chi connectivity index (χ2v) is 9.37. The highest BCUT2D eigenvalue weighted by Gasteiger charge is 2.31. The smallest absolute Gasteiger partial charge is 0.276 e. The molecule has 184 valence electrons. The van der Waals surface area contributed by atoms with Gasteiger partial charge >= 0.3 is 0 Å². The maximum atomic E-state index is 13.2. The fourth-order valence-corrected chi connectivity index (χ4v) is 5.31. The van der Waals surface area contributed by atoms with E-state index in [0.717, 1.165) is 36.4 Å². The Balaban J connectivity index is 1.16. The molecule has 1 aromatic carbocycles. The summed E-state index contributed by atoms with van der Waals surface area (Å²) in [7, 11) is 0. The van der Waals surface area contributed by atoms with Crippen LogP contribution >= 0.6 is 0 Å². The number of carbonyl (C=O) groups is 2. The van der Waals surface area contributed by atoms with Crippen LogP contribution in [-0.2, 0) is 24.3 Å². The van der Waals surface area contributed by atoms with Crippen LogP contribution in [0.2, 0.25) is 0 Å². The van der Waals surface area contributed by atoms with Crippen LogP contribution in [0.1, 0.15) is 28.5 Å². The quantitative estimate of drug-likeness (QED) is 0.437. The molecule has 2 amide bonds. The van der Waals surface area contributed by atoms with Crippen molar-refractivity contribution in [2.45, 2.75) is 32.5 Å². The molecule has 3 aromatic heterocycles. The van der Waals surface area contributed by atoms with E-state index in [4.69, 9.17) is 4.42 Å². The summed E-state index contributed by atoms with van der Waals surface area (Å²) < 4.78 is 6.81. The molecule has 1 unspecified atom stereocenters. The average molecular weight is 486 g/mol. The lowest BCUT2D eigenvalue weighted by Gasteiger charge is -2.42. The zero-order valence-corrected chi connectivity index (χ0v) is 20.1. The first-order chi connectivity index (χ1) is 17.6. The lowest BCUT2D eigenvalue weighted by molar-refractivity contribution is -0.134. The number of imidazole rings is 1. The maximum absolute atomic E-state index is 13.2. The Bertz CT molecular complexity index is 1410. The molecular weight excluding hydrogens is 458 g/mol. The Kier molecular flexibility index (Phi) is 5.63. The van der Waals surface area contributed by atoms with Gasteiger partial charge in [0.25, 0.3) is 5.91 Å². The van der Waals surface area contributed by atoms with Crippen LogP contribution in [0.3, 0.4) is 0 Å². The Morgan fingerprint density at radius 3 is 2.83 bits per heavy atom. The molecule has 0 aliphatic carbocycles. The van der Waals surface area contributed by atoms with E-state index in [-0.39, 0.29) is 24.4 Å². The van der Waals surface area contributed by atoms with Crippen LogP contribution in [-0.4, -0.2) is 73.4 Å². The molecule has 0 saturated carbocycles. The Labute approximate surface area is 208 Å². The van der Waals surface area contributed by atoms with Crippen LogP contribution in [0.4, 0.5) is 5.69 Å². The van der Waals surface area contributed by atoms with Crippen molar-refractivity contribution in [1.82, 2.24) is 29.3 Å². The standard InChI is InChI=1S/C26H27N7O3/c1-18-12-30(10-11-33(18)24(34)14-32-16-28-21-5-3-8-27-25(21)32)23-6-2-4-19-7-9-31(13-20(19)23)26(35)22-15-36-17-29-22/h2-6,8,15-18H,7,9-14H2,1H3. The van der Waals surface area contributed by atoms with Crippen molar-refractivity contribution >= 4 is 28.7 Å². The number of piperazine rings is 1. The van der Waals surface area contributed by atoms with Crippen LogP contribution < -0.4 is 4.90 Å². The van der Waals surface area contributed by atoms with Crippen molar-refractivity contribution in [1.29, 1.82) is 0 Å². The monoisotopic (exact) mass is 485 g/mol. The fraction of sp³-hybridized carbons (Fsp3) is 0.346. The maximum Gasteiger partial charge on any atom is 0.276 e. The molecular formula is C26H27N7O3. The van der Waals surface area contributed by atoms with Crippen molar-refractivity contribution in [3.8, 4) is 0 Å². The number of fused-ring (bicyclic) bond motifs is 2. The molecule has 0 N–H and O–H groups in total. The second kappa shape index (κ2) is 9.10. The summed E-state index contributed by atoms with van der Waals surface area (Å²) in [5.74, 6) is -0.0546. The van der Waals surface area contributed by atoms with Crippen LogP contribution in [0, 0.1) is 0 Å². The summed E-state index contributed by atoms with van der Waals surface area (Å²) in [6.07, 6.45) is 6.87. The van der Waals surface area contributed by atoms with Gasteiger partial charge in [-0.3, -0.25) is 9.59 Å². The van der Waals surface area contributed by atoms with E-state index >= 15 is 0 Å². The third kappa shape index (κ3) is 3.98. The third-order valence-electron chi connectivity index (χ3n) is 7.16. The first-order valence-electron chi connectivity index (χ1n) is 12.2. The molecule has 4 aromatic rings. The van der Waals surface area contributed by atoms with Crippen molar-refractivity contribution in [3.63, 3.8) is 0 Å². The van der Waals surface area contributed by atoms with Crippen molar-refractivity contribution in [2.24, 2.45) is 0 Å². The molecule has 10 nitrogen and oxygen atoms in total. The van der Waals surface area contributed by atoms with Gasteiger partial charge in [-0.05, 0) is 42.7 Å². The summed E-state index contributed by atoms with van der Waals surface area (Å²) in [4.78, 5) is 44.9. The molecule has 10 heteroatoms. The Hall–Kier alpha value is -4.21. The normalized spacial score (nSPS) is 17.9. The zero-order valence-electron chi connectivity index (χ0n) is 20.1. The number of nitrogens with zero attached hydrogens (tertiary/aromatic N) is 7. The number of anilines is 1. The number of oxazole rings is 1. The Morgan fingerprint density at radius 1 is 1.08 bits per heavy atom. The van der Waals surface area contributed by atoms with E-state index in [2.05, 4.69) is 45.0 Å². The highest BCUT2D eigenvalue weighted by Crippen LogP contribution is 2.31. The number of hydrogen-bond acceptors (Lipinski definition) is 7. The number of rotatable bonds is 4. The van der Waals surface area contributed by atoms with Gasteiger partial charge in [-0.1, -0.05) is 12.1 Å². The predicted molar refractivity (Wildman–Crippen MR) is 132 cm³/mol. The number of carbonyl (C=O) groups excluding carboxylic acids is 2. The van der Waals surface area contributed by atoms with E-state index in [9.17, 15) is 9.59 Å². The van der Waals surface area contributed by atoms with Crippen molar-refractivity contribution in [3.05, 3.63) is 72.3 Å². The fourth-order valence-electron chi connectivity index (χ4n) is 5.31. The van der Waals surface area contributed by atoms with E-state index in [1.165, 1.54) is 23.8 Å². The molecule has 6 rings (SSSR count). The molecule has 0 bridgehead atoms. The number of aromatic nitrogens is 4. The van der Waals surface area contributed by atoms with E-state index in [1.54, 1.807) is 12.5 Å². The minimum absolute atomic E-state index is 0.0429.